The number of hydrogen-bond donors (Lipinski definition) is 1. The maximum Gasteiger partial charge on any atom is 0.247 e. The molecule has 1 aliphatic heterocycles. The summed E-state index contributed by atoms with van der Waals surface area (Å²) in [6.45, 7) is 6.06. The van der Waals surface area contributed by atoms with Crippen molar-refractivity contribution in [2.45, 2.75) is 25.9 Å². The van der Waals surface area contributed by atoms with Crippen LogP contribution in [0.25, 0.3) is 0 Å². The highest BCUT2D eigenvalue weighted by Crippen LogP contribution is 2.25. The minimum absolute atomic E-state index is 0.106. The summed E-state index contributed by atoms with van der Waals surface area (Å²) in [6, 6.07) is 21.1. The summed E-state index contributed by atoms with van der Waals surface area (Å²) in [5.74, 6) is 0.987. The summed E-state index contributed by atoms with van der Waals surface area (Å²) in [4.78, 5) is 17.9. The van der Waals surface area contributed by atoms with Gasteiger partial charge in [0.2, 0.25) is 5.91 Å². The molecule has 1 N–H and O–H groups in total. The number of aromatic nitrogens is 1. The Bertz CT molecular complexity index is 1070. The molecule has 0 aliphatic carbocycles. The van der Waals surface area contributed by atoms with Crippen LogP contribution in [0.15, 0.2) is 65.2 Å². The van der Waals surface area contributed by atoms with Gasteiger partial charge in [0.1, 0.15) is 11.8 Å². The molecule has 0 unspecified atom stereocenters. The lowest BCUT2D eigenvalue weighted by atomic mass is 10.0. The molecule has 0 saturated carbocycles. The van der Waals surface area contributed by atoms with Gasteiger partial charge < -0.3 is 9.84 Å². The van der Waals surface area contributed by atoms with Gasteiger partial charge in [0.25, 0.3) is 0 Å². The second-order valence-electron chi connectivity index (χ2n) is 8.10. The molecule has 0 bridgehead atoms. The average molecular weight is 430 g/mol. The van der Waals surface area contributed by atoms with Gasteiger partial charge >= 0.3 is 0 Å². The Morgan fingerprint density at radius 2 is 1.91 bits per heavy atom. The number of nitrogens with zero attached hydrogens (tertiary/aromatic N) is 4. The van der Waals surface area contributed by atoms with E-state index in [1.807, 2.05) is 54.6 Å². The number of nitrogens with one attached hydrogen (secondary N) is 1. The highest BCUT2D eigenvalue weighted by Gasteiger charge is 2.30. The standard InChI is InChI=1S/C25H27N5O2/c1-19-16-23(28-32-19)27-25(31)24(22-6-3-2-4-7-22)30-13-5-12-29(14-15-30)18-21-10-8-20(17-26)9-11-21/h2-4,6-11,16,24H,5,12-15,18H2,1H3,(H,27,28,31)/t24-/m0/s1. The van der Waals surface area contributed by atoms with E-state index in [0.29, 0.717) is 17.1 Å². The lowest BCUT2D eigenvalue weighted by Gasteiger charge is -2.30. The lowest BCUT2D eigenvalue weighted by molar-refractivity contribution is -0.121. The van der Waals surface area contributed by atoms with E-state index in [4.69, 9.17) is 9.78 Å². The molecule has 0 spiro atoms. The molecule has 32 heavy (non-hydrogen) atoms. The molecule has 1 amide bonds. The Kier molecular flexibility index (Phi) is 6.95. The first-order chi connectivity index (χ1) is 15.6. The van der Waals surface area contributed by atoms with Crippen LogP contribution < -0.4 is 5.32 Å². The van der Waals surface area contributed by atoms with Crippen molar-refractivity contribution in [1.29, 1.82) is 5.26 Å². The average Bonchev–Trinajstić information content (AvgIpc) is 3.08. The quantitative estimate of drug-likeness (QED) is 0.642. The molecule has 1 fully saturated rings. The zero-order valence-electron chi connectivity index (χ0n) is 18.2. The zero-order chi connectivity index (χ0) is 22.3. The van der Waals surface area contributed by atoms with Gasteiger partial charge in [-0.1, -0.05) is 47.6 Å². The molecular formula is C25H27N5O2. The van der Waals surface area contributed by atoms with Crippen molar-refractivity contribution in [1.82, 2.24) is 15.0 Å². The molecule has 1 atom stereocenters. The van der Waals surface area contributed by atoms with Crippen LogP contribution in [-0.2, 0) is 11.3 Å². The van der Waals surface area contributed by atoms with Gasteiger partial charge in [0.05, 0.1) is 11.6 Å². The summed E-state index contributed by atoms with van der Waals surface area (Å²) in [6.07, 6.45) is 0.968. The van der Waals surface area contributed by atoms with Crippen LogP contribution >= 0.6 is 0 Å². The minimum atomic E-state index is -0.400. The van der Waals surface area contributed by atoms with Gasteiger partial charge in [0, 0.05) is 32.2 Å². The van der Waals surface area contributed by atoms with E-state index >= 15 is 0 Å². The van der Waals surface area contributed by atoms with Crippen LogP contribution in [0.5, 0.6) is 0 Å². The van der Waals surface area contributed by atoms with E-state index in [1.165, 1.54) is 5.56 Å². The van der Waals surface area contributed by atoms with E-state index in [1.54, 1.807) is 13.0 Å². The molecule has 7 nitrogen and oxygen atoms in total. The number of benzene rings is 2. The number of carbonyl (C=O) groups is 1. The van der Waals surface area contributed by atoms with Crippen molar-refractivity contribution in [2.24, 2.45) is 0 Å². The molecule has 1 aliphatic rings. The summed E-state index contributed by atoms with van der Waals surface area (Å²) < 4.78 is 5.10. The summed E-state index contributed by atoms with van der Waals surface area (Å²) in [5.41, 5.74) is 2.83. The van der Waals surface area contributed by atoms with E-state index in [0.717, 1.165) is 44.7 Å². The number of anilines is 1. The van der Waals surface area contributed by atoms with Gasteiger partial charge in [-0.15, -0.1) is 0 Å². The zero-order valence-corrected chi connectivity index (χ0v) is 18.2. The Labute approximate surface area is 188 Å². The number of aryl methyl sites for hydroxylation is 1. The van der Waals surface area contributed by atoms with Crippen molar-refractivity contribution in [3.63, 3.8) is 0 Å². The van der Waals surface area contributed by atoms with Gasteiger partial charge in [-0.3, -0.25) is 14.6 Å². The first kappa shape index (κ1) is 21.8. The number of rotatable bonds is 6. The molecule has 4 rings (SSSR count). The topological polar surface area (TPSA) is 85.4 Å². The fourth-order valence-electron chi connectivity index (χ4n) is 4.13. The van der Waals surface area contributed by atoms with Crippen LogP contribution in [0.2, 0.25) is 0 Å². The summed E-state index contributed by atoms with van der Waals surface area (Å²) in [7, 11) is 0. The Balaban J connectivity index is 1.46. The van der Waals surface area contributed by atoms with Crippen LogP contribution in [0.1, 0.15) is 34.9 Å². The molecule has 3 aromatic rings. The third-order valence-electron chi connectivity index (χ3n) is 5.72. The van der Waals surface area contributed by atoms with Crippen molar-refractivity contribution >= 4 is 11.7 Å². The number of nitriles is 1. The van der Waals surface area contributed by atoms with Crippen molar-refractivity contribution in [3.05, 3.63) is 83.1 Å². The Morgan fingerprint density at radius 1 is 1.12 bits per heavy atom. The maximum atomic E-state index is 13.3. The Morgan fingerprint density at radius 3 is 2.59 bits per heavy atom. The monoisotopic (exact) mass is 429 g/mol. The van der Waals surface area contributed by atoms with E-state index in [2.05, 4.69) is 26.3 Å². The number of hydrogen-bond acceptors (Lipinski definition) is 6. The Hall–Kier alpha value is -3.47. The fourth-order valence-corrected chi connectivity index (χ4v) is 4.13. The van der Waals surface area contributed by atoms with E-state index < -0.39 is 6.04 Å². The predicted octanol–water partition coefficient (Wildman–Crippen LogP) is 3.74. The van der Waals surface area contributed by atoms with E-state index in [9.17, 15) is 4.79 Å². The van der Waals surface area contributed by atoms with Gasteiger partial charge in [-0.05, 0) is 43.1 Å². The second kappa shape index (κ2) is 10.2. The first-order valence-electron chi connectivity index (χ1n) is 10.9. The van der Waals surface area contributed by atoms with Gasteiger partial charge in [-0.25, -0.2) is 0 Å². The van der Waals surface area contributed by atoms with E-state index in [-0.39, 0.29) is 5.91 Å². The van der Waals surface area contributed by atoms with Crippen molar-refractivity contribution < 1.29 is 9.32 Å². The summed E-state index contributed by atoms with van der Waals surface area (Å²) >= 11 is 0. The third-order valence-corrected chi connectivity index (χ3v) is 5.72. The predicted molar refractivity (Wildman–Crippen MR) is 122 cm³/mol. The fraction of sp³-hybridized carbons (Fsp3) is 0.320. The first-order valence-corrected chi connectivity index (χ1v) is 10.9. The normalized spacial score (nSPS) is 16.1. The lowest BCUT2D eigenvalue weighted by Crippen LogP contribution is -2.39. The van der Waals surface area contributed by atoms with Crippen molar-refractivity contribution in [2.75, 3.05) is 31.5 Å². The van der Waals surface area contributed by atoms with Crippen molar-refractivity contribution in [3.8, 4) is 6.07 Å². The van der Waals surface area contributed by atoms with Crippen LogP contribution in [0, 0.1) is 18.3 Å². The second-order valence-corrected chi connectivity index (χ2v) is 8.10. The number of amides is 1. The number of carbonyl (C=O) groups excluding carboxylic acids is 1. The molecule has 0 radical (unpaired) electrons. The highest BCUT2D eigenvalue weighted by atomic mass is 16.5. The molecular weight excluding hydrogens is 402 g/mol. The largest absolute Gasteiger partial charge is 0.360 e. The molecule has 1 aromatic heterocycles. The highest BCUT2D eigenvalue weighted by molar-refractivity contribution is 5.94. The third kappa shape index (κ3) is 5.41. The molecule has 164 valence electrons. The maximum absolute atomic E-state index is 13.3. The molecule has 7 heteroatoms. The van der Waals surface area contributed by atoms with Crippen LogP contribution in [0.4, 0.5) is 5.82 Å². The minimum Gasteiger partial charge on any atom is -0.360 e. The molecule has 2 heterocycles. The molecule has 2 aromatic carbocycles. The molecule has 1 saturated heterocycles. The SMILES string of the molecule is Cc1cc(NC(=O)[C@H](c2ccccc2)N2CCCN(Cc3ccc(C#N)cc3)CC2)no1. The van der Waals surface area contributed by atoms with Crippen LogP contribution in [-0.4, -0.2) is 47.0 Å². The van der Waals surface area contributed by atoms with Crippen LogP contribution in [0.3, 0.4) is 0 Å². The summed E-state index contributed by atoms with van der Waals surface area (Å²) in [5, 5.41) is 15.8. The smallest absolute Gasteiger partial charge is 0.247 e. The van der Waals surface area contributed by atoms with Gasteiger partial charge in [-0.2, -0.15) is 5.26 Å². The van der Waals surface area contributed by atoms with Gasteiger partial charge in [0.15, 0.2) is 5.82 Å².